The fourth-order valence-electron chi connectivity index (χ4n) is 3.43. The molecule has 0 aliphatic carbocycles. The Kier molecular flexibility index (Phi) is 5.59. The topological polar surface area (TPSA) is 113 Å². The first-order valence-electron chi connectivity index (χ1n) is 9.86. The van der Waals surface area contributed by atoms with E-state index in [0.29, 0.717) is 22.8 Å². The molecule has 1 aromatic heterocycles. The summed E-state index contributed by atoms with van der Waals surface area (Å²) in [6.07, 6.45) is -0.948. The number of primary amides is 1. The van der Waals surface area contributed by atoms with Crippen molar-refractivity contribution in [1.29, 1.82) is 0 Å². The maximum absolute atomic E-state index is 12.9. The predicted molar refractivity (Wildman–Crippen MR) is 121 cm³/mol. The van der Waals surface area contributed by atoms with Crippen molar-refractivity contribution in [2.75, 3.05) is 19.5 Å². The van der Waals surface area contributed by atoms with Crippen LogP contribution in [0.3, 0.4) is 0 Å². The number of ether oxygens (including phenoxy) is 3. The third-order valence-corrected chi connectivity index (χ3v) is 5.08. The molecule has 0 bridgehead atoms. The first kappa shape index (κ1) is 21.0. The SMILES string of the molecule is COc1ccc(C(N)=O)c(O[C@@H](C)C(=O)Nc2cc3oc4ccccc4c3cc2OC)c1. The minimum Gasteiger partial charge on any atom is -0.497 e. The van der Waals surface area contributed by atoms with E-state index in [1.54, 1.807) is 19.1 Å². The van der Waals surface area contributed by atoms with Crippen LogP contribution in [0.4, 0.5) is 5.69 Å². The summed E-state index contributed by atoms with van der Waals surface area (Å²) in [5, 5.41) is 4.63. The Labute approximate surface area is 183 Å². The molecule has 1 heterocycles. The molecule has 0 spiro atoms. The van der Waals surface area contributed by atoms with Gasteiger partial charge in [-0.2, -0.15) is 0 Å². The van der Waals surface area contributed by atoms with Gasteiger partial charge in [0.05, 0.1) is 25.5 Å². The lowest BCUT2D eigenvalue weighted by atomic mass is 10.1. The molecular formula is C24H22N2O6. The summed E-state index contributed by atoms with van der Waals surface area (Å²) in [6, 6.07) is 15.8. The third kappa shape index (κ3) is 3.90. The van der Waals surface area contributed by atoms with Crippen molar-refractivity contribution >= 4 is 39.4 Å². The minimum atomic E-state index is -0.948. The Balaban J connectivity index is 1.61. The first-order chi connectivity index (χ1) is 15.4. The van der Waals surface area contributed by atoms with Crippen LogP contribution in [0.5, 0.6) is 17.2 Å². The van der Waals surface area contributed by atoms with Gasteiger partial charge >= 0.3 is 0 Å². The third-order valence-electron chi connectivity index (χ3n) is 5.08. The number of nitrogens with two attached hydrogens (primary N) is 1. The molecule has 4 aromatic rings. The fourth-order valence-corrected chi connectivity index (χ4v) is 3.43. The highest BCUT2D eigenvalue weighted by atomic mass is 16.5. The molecule has 2 amide bonds. The van der Waals surface area contributed by atoms with E-state index in [1.165, 1.54) is 26.4 Å². The van der Waals surface area contributed by atoms with E-state index in [0.717, 1.165) is 16.4 Å². The molecule has 4 rings (SSSR count). The highest BCUT2D eigenvalue weighted by Crippen LogP contribution is 2.36. The van der Waals surface area contributed by atoms with E-state index in [2.05, 4.69) is 5.32 Å². The summed E-state index contributed by atoms with van der Waals surface area (Å²) in [5.74, 6) is -0.0260. The number of furan rings is 1. The lowest BCUT2D eigenvalue weighted by Crippen LogP contribution is -2.31. The number of methoxy groups -OCH3 is 2. The van der Waals surface area contributed by atoms with Gasteiger partial charge in [0.2, 0.25) is 0 Å². The van der Waals surface area contributed by atoms with Gasteiger partial charge in [0.15, 0.2) is 6.10 Å². The number of anilines is 1. The summed E-state index contributed by atoms with van der Waals surface area (Å²) in [5.41, 5.74) is 7.34. The largest absolute Gasteiger partial charge is 0.497 e. The van der Waals surface area contributed by atoms with Crippen LogP contribution in [-0.2, 0) is 4.79 Å². The highest BCUT2D eigenvalue weighted by Gasteiger charge is 2.21. The summed E-state index contributed by atoms with van der Waals surface area (Å²) < 4.78 is 22.3. The molecule has 32 heavy (non-hydrogen) atoms. The zero-order valence-corrected chi connectivity index (χ0v) is 17.8. The van der Waals surface area contributed by atoms with Gasteiger partial charge in [-0.3, -0.25) is 9.59 Å². The summed E-state index contributed by atoms with van der Waals surface area (Å²) >= 11 is 0. The summed E-state index contributed by atoms with van der Waals surface area (Å²) in [4.78, 5) is 24.6. The summed E-state index contributed by atoms with van der Waals surface area (Å²) in [6.45, 7) is 1.56. The second kappa shape index (κ2) is 8.50. The molecule has 8 nitrogen and oxygen atoms in total. The average Bonchev–Trinajstić information content (AvgIpc) is 3.15. The van der Waals surface area contributed by atoms with Crippen LogP contribution in [0.25, 0.3) is 21.9 Å². The quantitative estimate of drug-likeness (QED) is 0.453. The van der Waals surface area contributed by atoms with Crippen molar-refractivity contribution in [3.05, 3.63) is 60.2 Å². The smallest absolute Gasteiger partial charge is 0.265 e. The maximum Gasteiger partial charge on any atom is 0.265 e. The van der Waals surface area contributed by atoms with Gasteiger partial charge in [-0.1, -0.05) is 18.2 Å². The van der Waals surface area contributed by atoms with Gasteiger partial charge in [-0.15, -0.1) is 0 Å². The van der Waals surface area contributed by atoms with Crippen LogP contribution in [-0.4, -0.2) is 32.1 Å². The average molecular weight is 434 g/mol. The molecule has 0 fully saturated rings. The van der Waals surface area contributed by atoms with Crippen LogP contribution in [0.1, 0.15) is 17.3 Å². The predicted octanol–water partition coefficient (Wildman–Crippen LogP) is 4.11. The van der Waals surface area contributed by atoms with E-state index in [4.69, 9.17) is 24.4 Å². The highest BCUT2D eigenvalue weighted by molar-refractivity contribution is 6.08. The lowest BCUT2D eigenvalue weighted by molar-refractivity contribution is -0.122. The van der Waals surface area contributed by atoms with E-state index >= 15 is 0 Å². The van der Waals surface area contributed by atoms with Crippen LogP contribution < -0.4 is 25.3 Å². The summed E-state index contributed by atoms with van der Waals surface area (Å²) in [7, 11) is 3.01. The Hall–Kier alpha value is -4.20. The number of carbonyl (C=O) groups is 2. The number of fused-ring (bicyclic) bond motifs is 3. The number of amides is 2. The van der Waals surface area contributed by atoms with E-state index in [-0.39, 0.29) is 11.3 Å². The molecule has 0 aliphatic rings. The van der Waals surface area contributed by atoms with Crippen LogP contribution in [0.15, 0.2) is 59.0 Å². The van der Waals surface area contributed by atoms with Crippen molar-refractivity contribution in [2.24, 2.45) is 5.73 Å². The Morgan fingerprint density at radius 3 is 2.44 bits per heavy atom. The Bertz CT molecular complexity index is 1330. The van der Waals surface area contributed by atoms with Gasteiger partial charge in [0.25, 0.3) is 11.8 Å². The van der Waals surface area contributed by atoms with Gasteiger partial charge in [0, 0.05) is 22.9 Å². The van der Waals surface area contributed by atoms with Gasteiger partial charge in [-0.25, -0.2) is 0 Å². The molecule has 8 heteroatoms. The number of hydrogen-bond acceptors (Lipinski definition) is 6. The minimum absolute atomic E-state index is 0.145. The van der Waals surface area contributed by atoms with Gasteiger partial charge in [0.1, 0.15) is 28.4 Å². The maximum atomic E-state index is 12.9. The monoisotopic (exact) mass is 434 g/mol. The van der Waals surface area contributed by atoms with Crippen LogP contribution in [0.2, 0.25) is 0 Å². The molecular weight excluding hydrogens is 412 g/mol. The molecule has 0 aliphatic heterocycles. The zero-order chi connectivity index (χ0) is 22.8. The normalized spacial score (nSPS) is 11.8. The zero-order valence-electron chi connectivity index (χ0n) is 17.8. The molecule has 3 N–H and O–H groups in total. The van der Waals surface area contributed by atoms with E-state index < -0.39 is 17.9 Å². The molecule has 3 aromatic carbocycles. The molecule has 164 valence electrons. The standard InChI is InChI=1S/C24H22N2O6/c1-13(31-20-10-14(29-2)8-9-16(20)23(25)27)24(28)26-18-12-21-17(11-22(18)30-3)15-6-4-5-7-19(15)32-21/h4-13H,1-3H3,(H2,25,27)(H,26,28)/t13-/m0/s1. The molecule has 0 saturated heterocycles. The Morgan fingerprint density at radius 1 is 0.938 bits per heavy atom. The number of hydrogen-bond donors (Lipinski definition) is 2. The second-order valence-electron chi connectivity index (χ2n) is 7.12. The van der Waals surface area contributed by atoms with Crippen molar-refractivity contribution in [1.82, 2.24) is 0 Å². The second-order valence-corrected chi connectivity index (χ2v) is 7.12. The lowest BCUT2D eigenvalue weighted by Gasteiger charge is -2.18. The number of benzene rings is 3. The van der Waals surface area contributed by atoms with E-state index in [1.807, 2.05) is 30.3 Å². The molecule has 1 atom stereocenters. The van der Waals surface area contributed by atoms with E-state index in [9.17, 15) is 9.59 Å². The molecule has 0 saturated carbocycles. The number of carbonyl (C=O) groups excluding carboxylic acids is 2. The molecule has 0 radical (unpaired) electrons. The number of nitrogens with one attached hydrogen (secondary N) is 1. The van der Waals surface area contributed by atoms with Gasteiger partial charge < -0.3 is 29.7 Å². The van der Waals surface area contributed by atoms with Gasteiger partial charge in [-0.05, 0) is 31.2 Å². The van der Waals surface area contributed by atoms with Crippen molar-refractivity contribution < 1.29 is 28.2 Å². The first-order valence-corrected chi connectivity index (χ1v) is 9.86. The Morgan fingerprint density at radius 2 is 1.72 bits per heavy atom. The van der Waals surface area contributed by atoms with Crippen molar-refractivity contribution in [3.8, 4) is 17.2 Å². The number of rotatable bonds is 7. The number of para-hydroxylation sites is 1. The fraction of sp³-hybridized carbons (Fsp3) is 0.167. The van der Waals surface area contributed by atoms with Crippen molar-refractivity contribution in [3.63, 3.8) is 0 Å². The van der Waals surface area contributed by atoms with Crippen LogP contribution in [0, 0.1) is 0 Å². The van der Waals surface area contributed by atoms with Crippen LogP contribution >= 0.6 is 0 Å². The molecule has 0 unspecified atom stereocenters. The van der Waals surface area contributed by atoms with Crippen molar-refractivity contribution in [2.45, 2.75) is 13.0 Å².